The van der Waals surface area contributed by atoms with Crippen molar-refractivity contribution in [2.24, 2.45) is 0 Å². The summed E-state index contributed by atoms with van der Waals surface area (Å²) >= 11 is 0. The number of halogens is 2. The highest BCUT2D eigenvalue weighted by Gasteiger charge is 2.23. The molecule has 1 atom stereocenters. The molecule has 0 saturated heterocycles. The minimum absolute atomic E-state index is 0.263. The lowest BCUT2D eigenvalue weighted by Gasteiger charge is -2.16. The van der Waals surface area contributed by atoms with Crippen LogP contribution in [-0.2, 0) is 9.53 Å². The van der Waals surface area contributed by atoms with E-state index in [1.54, 1.807) is 6.08 Å². The quantitative estimate of drug-likeness (QED) is 0.643. The summed E-state index contributed by atoms with van der Waals surface area (Å²) in [5.41, 5.74) is -0.461. The fraction of sp³-hybridized carbons (Fsp3) is 0.286. The highest BCUT2D eigenvalue weighted by atomic mass is 19.2. The topological polar surface area (TPSA) is 55.4 Å². The van der Waals surface area contributed by atoms with Crippen molar-refractivity contribution in [1.82, 2.24) is 5.32 Å². The van der Waals surface area contributed by atoms with Crippen molar-refractivity contribution in [1.29, 1.82) is 0 Å². The summed E-state index contributed by atoms with van der Waals surface area (Å²) in [6.07, 6.45) is 2.30. The zero-order valence-corrected chi connectivity index (χ0v) is 11.0. The largest absolute Gasteiger partial charge is 0.467 e. The SMILES string of the molecule is C=CCC[C@H](NC(=O)c1cccc(F)c1F)C(=O)OC. The summed E-state index contributed by atoms with van der Waals surface area (Å²) in [5, 5.41) is 2.32. The summed E-state index contributed by atoms with van der Waals surface area (Å²) in [7, 11) is 1.18. The number of ether oxygens (including phenoxy) is 1. The molecule has 1 aromatic rings. The molecule has 0 aromatic heterocycles. The number of amides is 1. The third-order valence-corrected chi connectivity index (χ3v) is 2.65. The first-order chi connectivity index (χ1) is 9.51. The molecule has 0 unspecified atom stereocenters. The molecule has 1 aromatic carbocycles. The highest BCUT2D eigenvalue weighted by molar-refractivity contribution is 5.97. The van der Waals surface area contributed by atoms with Gasteiger partial charge in [0, 0.05) is 0 Å². The van der Waals surface area contributed by atoms with Gasteiger partial charge in [-0.15, -0.1) is 6.58 Å². The Morgan fingerprint density at radius 1 is 1.45 bits per heavy atom. The van der Waals surface area contributed by atoms with E-state index in [2.05, 4.69) is 16.6 Å². The van der Waals surface area contributed by atoms with Gasteiger partial charge in [-0.05, 0) is 25.0 Å². The molecule has 1 N–H and O–H groups in total. The molecule has 108 valence electrons. The van der Waals surface area contributed by atoms with Crippen LogP contribution in [0.4, 0.5) is 8.78 Å². The Kier molecular flexibility index (Phi) is 5.83. The molecule has 0 aliphatic rings. The lowest BCUT2D eigenvalue weighted by molar-refractivity contribution is -0.143. The number of hydrogen-bond acceptors (Lipinski definition) is 3. The molecular formula is C14H15F2NO3. The van der Waals surface area contributed by atoms with Gasteiger partial charge in [-0.25, -0.2) is 13.6 Å². The first-order valence-electron chi connectivity index (χ1n) is 5.94. The predicted molar refractivity (Wildman–Crippen MR) is 69.1 cm³/mol. The zero-order valence-electron chi connectivity index (χ0n) is 11.0. The number of esters is 1. The van der Waals surface area contributed by atoms with Crippen LogP contribution in [0.15, 0.2) is 30.9 Å². The van der Waals surface area contributed by atoms with Crippen LogP contribution in [0, 0.1) is 11.6 Å². The molecule has 1 amide bonds. The summed E-state index contributed by atoms with van der Waals surface area (Å²) in [5.74, 6) is -3.91. The molecule has 0 aliphatic heterocycles. The van der Waals surface area contributed by atoms with Gasteiger partial charge in [0.2, 0.25) is 0 Å². The van der Waals surface area contributed by atoms with E-state index in [-0.39, 0.29) is 6.42 Å². The summed E-state index contributed by atoms with van der Waals surface area (Å²) < 4.78 is 31.1. The maximum absolute atomic E-state index is 13.5. The van der Waals surface area contributed by atoms with Crippen LogP contribution < -0.4 is 5.32 Å². The summed E-state index contributed by atoms with van der Waals surface area (Å²) in [4.78, 5) is 23.4. The van der Waals surface area contributed by atoms with Gasteiger partial charge in [-0.2, -0.15) is 0 Å². The molecule has 0 aliphatic carbocycles. The van der Waals surface area contributed by atoms with Gasteiger partial charge in [0.05, 0.1) is 12.7 Å². The molecule has 0 spiro atoms. The monoisotopic (exact) mass is 283 g/mol. The van der Waals surface area contributed by atoms with Crippen LogP contribution in [0.3, 0.4) is 0 Å². The molecule has 20 heavy (non-hydrogen) atoms. The summed E-state index contributed by atoms with van der Waals surface area (Å²) in [6.45, 7) is 3.51. The van der Waals surface area contributed by atoms with E-state index in [0.29, 0.717) is 6.42 Å². The highest BCUT2D eigenvalue weighted by Crippen LogP contribution is 2.12. The first-order valence-corrected chi connectivity index (χ1v) is 5.94. The zero-order chi connectivity index (χ0) is 15.1. The van der Waals surface area contributed by atoms with Crippen LogP contribution in [-0.4, -0.2) is 25.0 Å². The smallest absolute Gasteiger partial charge is 0.328 e. The molecule has 6 heteroatoms. The second kappa shape index (κ2) is 7.37. The Hall–Kier alpha value is -2.24. The average Bonchev–Trinajstić information content (AvgIpc) is 2.45. The first kappa shape index (κ1) is 15.8. The Balaban J connectivity index is 2.87. The van der Waals surface area contributed by atoms with Crippen LogP contribution in [0.1, 0.15) is 23.2 Å². The van der Waals surface area contributed by atoms with Crippen molar-refractivity contribution < 1.29 is 23.1 Å². The third-order valence-electron chi connectivity index (χ3n) is 2.65. The van der Waals surface area contributed by atoms with Crippen LogP contribution in [0.25, 0.3) is 0 Å². The standard InChI is InChI=1S/C14H15F2NO3/c1-3-4-8-11(14(19)20-2)17-13(18)9-6-5-7-10(15)12(9)16/h3,5-7,11H,1,4,8H2,2H3,(H,17,18)/t11-/m0/s1. The second-order valence-electron chi connectivity index (χ2n) is 4.02. The molecule has 0 bridgehead atoms. The van der Waals surface area contributed by atoms with Gasteiger partial charge in [0.1, 0.15) is 6.04 Å². The second-order valence-corrected chi connectivity index (χ2v) is 4.02. The Labute approximate surface area is 115 Å². The minimum atomic E-state index is -1.25. The number of carbonyl (C=O) groups excluding carboxylic acids is 2. The number of nitrogens with one attached hydrogen (secondary N) is 1. The van der Waals surface area contributed by atoms with Gasteiger partial charge in [-0.3, -0.25) is 4.79 Å². The van der Waals surface area contributed by atoms with Gasteiger partial charge in [0.15, 0.2) is 11.6 Å². The van der Waals surface area contributed by atoms with E-state index in [4.69, 9.17) is 0 Å². The van der Waals surface area contributed by atoms with Gasteiger partial charge >= 0.3 is 5.97 Å². The fourth-order valence-electron chi connectivity index (χ4n) is 1.59. The molecule has 0 heterocycles. The van der Waals surface area contributed by atoms with Crippen molar-refractivity contribution in [3.8, 4) is 0 Å². The minimum Gasteiger partial charge on any atom is -0.467 e. The number of methoxy groups -OCH3 is 1. The van der Waals surface area contributed by atoms with E-state index < -0.39 is 35.1 Å². The maximum atomic E-state index is 13.5. The molecule has 1 rings (SSSR count). The Bertz CT molecular complexity index is 517. The van der Waals surface area contributed by atoms with E-state index in [0.717, 1.165) is 12.1 Å². The van der Waals surface area contributed by atoms with Crippen molar-refractivity contribution in [2.75, 3.05) is 7.11 Å². The van der Waals surface area contributed by atoms with Crippen molar-refractivity contribution in [2.45, 2.75) is 18.9 Å². The lowest BCUT2D eigenvalue weighted by atomic mass is 10.1. The fourth-order valence-corrected chi connectivity index (χ4v) is 1.59. The maximum Gasteiger partial charge on any atom is 0.328 e. The van der Waals surface area contributed by atoms with Crippen molar-refractivity contribution in [3.63, 3.8) is 0 Å². The van der Waals surface area contributed by atoms with E-state index in [1.807, 2.05) is 0 Å². The predicted octanol–water partition coefficient (Wildman–Crippen LogP) is 2.20. The summed E-state index contributed by atoms with van der Waals surface area (Å²) in [6, 6.07) is 2.31. The number of benzene rings is 1. The van der Waals surface area contributed by atoms with Gasteiger partial charge in [-0.1, -0.05) is 12.1 Å². The molecular weight excluding hydrogens is 268 g/mol. The Morgan fingerprint density at radius 3 is 2.75 bits per heavy atom. The normalized spacial score (nSPS) is 11.6. The van der Waals surface area contributed by atoms with E-state index >= 15 is 0 Å². The van der Waals surface area contributed by atoms with Crippen LogP contribution in [0.2, 0.25) is 0 Å². The Morgan fingerprint density at radius 2 is 2.15 bits per heavy atom. The number of rotatable bonds is 6. The molecule has 0 radical (unpaired) electrons. The van der Waals surface area contributed by atoms with Gasteiger partial charge in [0.25, 0.3) is 5.91 Å². The van der Waals surface area contributed by atoms with E-state index in [1.165, 1.54) is 13.2 Å². The average molecular weight is 283 g/mol. The number of carbonyl (C=O) groups is 2. The van der Waals surface area contributed by atoms with Gasteiger partial charge < -0.3 is 10.1 Å². The molecule has 0 fully saturated rings. The van der Waals surface area contributed by atoms with Crippen molar-refractivity contribution >= 4 is 11.9 Å². The lowest BCUT2D eigenvalue weighted by Crippen LogP contribution is -2.41. The van der Waals surface area contributed by atoms with E-state index in [9.17, 15) is 18.4 Å². The third kappa shape index (κ3) is 3.88. The molecule has 4 nitrogen and oxygen atoms in total. The van der Waals surface area contributed by atoms with Crippen molar-refractivity contribution in [3.05, 3.63) is 48.1 Å². The van der Waals surface area contributed by atoms with Crippen LogP contribution >= 0.6 is 0 Å². The molecule has 0 saturated carbocycles. The van der Waals surface area contributed by atoms with Crippen LogP contribution in [0.5, 0.6) is 0 Å². The number of allylic oxidation sites excluding steroid dienone is 1. The number of hydrogen-bond donors (Lipinski definition) is 1.